The molecule has 0 fully saturated rings. The van der Waals surface area contributed by atoms with Crippen LogP contribution in [0.1, 0.15) is 26.7 Å². The van der Waals surface area contributed by atoms with Gasteiger partial charge in [0.05, 0.1) is 0 Å². The molecule has 0 radical (unpaired) electrons. The summed E-state index contributed by atoms with van der Waals surface area (Å²) in [5.74, 6) is 0.277. The van der Waals surface area contributed by atoms with Crippen molar-refractivity contribution in [1.29, 1.82) is 0 Å². The lowest BCUT2D eigenvalue weighted by Crippen LogP contribution is -2.08. The summed E-state index contributed by atoms with van der Waals surface area (Å²) in [7, 11) is 0. The molecule has 0 rings (SSSR count). The molecular weight excluding hydrogens is 196 g/mol. The van der Waals surface area contributed by atoms with Gasteiger partial charge < -0.3 is 0 Å². The van der Waals surface area contributed by atoms with Crippen molar-refractivity contribution in [2.45, 2.75) is 26.7 Å². The van der Waals surface area contributed by atoms with E-state index in [9.17, 15) is 9.59 Å². The Balaban J connectivity index is 3.54. The van der Waals surface area contributed by atoms with Crippen LogP contribution in [0.5, 0.6) is 0 Å². The zero-order valence-corrected chi connectivity index (χ0v) is 8.87. The molecule has 0 saturated carbocycles. The van der Waals surface area contributed by atoms with Crippen LogP contribution >= 0.6 is 23.4 Å². The molecule has 4 heteroatoms. The summed E-state index contributed by atoms with van der Waals surface area (Å²) < 4.78 is 0. The highest BCUT2D eigenvalue weighted by molar-refractivity contribution is 8.13. The summed E-state index contributed by atoms with van der Waals surface area (Å²) in [6.45, 7) is 3.68. The second-order valence-corrected chi connectivity index (χ2v) is 4.09. The van der Waals surface area contributed by atoms with Crippen LogP contribution in [-0.2, 0) is 9.59 Å². The maximum atomic E-state index is 11.0. The van der Waals surface area contributed by atoms with Crippen molar-refractivity contribution < 1.29 is 9.59 Å². The van der Waals surface area contributed by atoms with Gasteiger partial charge in [-0.2, -0.15) is 0 Å². The molecule has 0 saturated heterocycles. The lowest BCUT2D eigenvalue weighted by Gasteiger charge is -2.03. The van der Waals surface area contributed by atoms with Gasteiger partial charge in [0, 0.05) is 18.1 Å². The van der Waals surface area contributed by atoms with Crippen LogP contribution in [0.2, 0.25) is 0 Å². The summed E-state index contributed by atoms with van der Waals surface area (Å²) in [5.41, 5.74) is 0. The molecule has 1 unspecified atom stereocenters. The second-order valence-electron chi connectivity index (χ2n) is 2.64. The van der Waals surface area contributed by atoms with Crippen molar-refractivity contribution in [2.75, 3.05) is 5.75 Å². The van der Waals surface area contributed by atoms with E-state index in [2.05, 4.69) is 0 Å². The van der Waals surface area contributed by atoms with Crippen LogP contribution in [-0.4, -0.2) is 16.1 Å². The average Bonchev–Trinajstić information content (AvgIpc) is 2.00. The third kappa shape index (κ3) is 5.61. The van der Waals surface area contributed by atoms with Crippen molar-refractivity contribution in [3.8, 4) is 0 Å². The maximum Gasteiger partial charge on any atom is 0.225 e. The minimum atomic E-state index is -0.369. The van der Waals surface area contributed by atoms with Gasteiger partial charge >= 0.3 is 0 Å². The Morgan fingerprint density at radius 3 is 2.50 bits per heavy atom. The van der Waals surface area contributed by atoms with E-state index in [1.807, 2.05) is 6.92 Å². The molecule has 0 aliphatic carbocycles. The third-order valence-corrected chi connectivity index (χ3v) is 2.90. The molecule has 0 aromatic carbocycles. The number of hydrogen-bond acceptors (Lipinski definition) is 3. The number of hydrogen-bond donors (Lipinski definition) is 0. The molecule has 0 aromatic rings. The monoisotopic (exact) mass is 208 g/mol. The van der Waals surface area contributed by atoms with E-state index < -0.39 is 0 Å². The fourth-order valence-corrected chi connectivity index (χ4v) is 1.66. The molecule has 2 nitrogen and oxygen atoms in total. The smallest absolute Gasteiger partial charge is 0.225 e. The van der Waals surface area contributed by atoms with Crippen LogP contribution in [0, 0.1) is 5.92 Å². The first kappa shape index (κ1) is 12.0. The fraction of sp³-hybridized carbons (Fsp3) is 0.750. The van der Waals surface area contributed by atoms with Gasteiger partial charge in [0.15, 0.2) is 5.12 Å². The van der Waals surface area contributed by atoms with Gasteiger partial charge in [0.2, 0.25) is 5.24 Å². The highest BCUT2D eigenvalue weighted by Crippen LogP contribution is 2.14. The molecule has 0 bridgehead atoms. The highest BCUT2D eigenvalue weighted by atomic mass is 35.5. The van der Waals surface area contributed by atoms with Crippen LogP contribution in [0.4, 0.5) is 0 Å². The molecule has 0 aliphatic rings. The topological polar surface area (TPSA) is 34.1 Å². The molecule has 0 aromatic heterocycles. The molecule has 0 N–H and O–H groups in total. The van der Waals surface area contributed by atoms with Gasteiger partial charge in [-0.05, 0) is 18.0 Å². The van der Waals surface area contributed by atoms with Crippen LogP contribution in [0.25, 0.3) is 0 Å². The first-order valence-corrected chi connectivity index (χ1v) is 5.29. The second kappa shape index (κ2) is 6.49. The third-order valence-electron chi connectivity index (χ3n) is 1.34. The van der Waals surface area contributed by atoms with E-state index in [1.165, 1.54) is 11.8 Å². The highest BCUT2D eigenvalue weighted by Gasteiger charge is 2.11. The Hall–Kier alpha value is -0.0200. The lowest BCUT2D eigenvalue weighted by atomic mass is 10.2. The molecule has 12 heavy (non-hydrogen) atoms. The van der Waals surface area contributed by atoms with Crippen LogP contribution in [0.15, 0.2) is 0 Å². The number of thioether (sulfide) groups is 1. The molecule has 0 amide bonds. The molecule has 0 heterocycles. The number of carbonyl (C=O) groups is 2. The Labute approximate surface area is 82.0 Å². The zero-order chi connectivity index (χ0) is 9.56. The van der Waals surface area contributed by atoms with E-state index in [4.69, 9.17) is 11.6 Å². The molecule has 0 spiro atoms. The number of halogens is 1. The van der Waals surface area contributed by atoms with Crippen molar-refractivity contribution in [2.24, 2.45) is 5.92 Å². The van der Waals surface area contributed by atoms with Crippen LogP contribution in [0.3, 0.4) is 0 Å². The SMILES string of the molecule is CCCC(=O)SCC(C)C(=O)Cl. The predicted molar refractivity (Wildman–Crippen MR) is 52.4 cm³/mol. The predicted octanol–water partition coefficient (Wildman–Crippen LogP) is 2.45. The van der Waals surface area contributed by atoms with E-state index in [0.29, 0.717) is 12.2 Å². The first-order valence-electron chi connectivity index (χ1n) is 3.92. The summed E-state index contributed by atoms with van der Waals surface area (Å²) in [6, 6.07) is 0. The first-order chi connectivity index (χ1) is 5.57. The molecule has 0 aliphatic heterocycles. The molecular formula is C8H13ClO2S. The van der Waals surface area contributed by atoms with Gasteiger partial charge in [0.25, 0.3) is 0 Å². The quantitative estimate of drug-likeness (QED) is 0.651. The summed E-state index contributed by atoms with van der Waals surface area (Å²) in [6.07, 6.45) is 1.43. The zero-order valence-electron chi connectivity index (χ0n) is 7.30. The van der Waals surface area contributed by atoms with Gasteiger partial charge in [-0.3, -0.25) is 9.59 Å². The normalized spacial score (nSPS) is 12.6. The Morgan fingerprint density at radius 2 is 2.08 bits per heavy atom. The van der Waals surface area contributed by atoms with Gasteiger partial charge in [-0.1, -0.05) is 25.6 Å². The fourth-order valence-electron chi connectivity index (χ4n) is 0.560. The van der Waals surface area contributed by atoms with E-state index in [-0.39, 0.29) is 16.3 Å². The summed E-state index contributed by atoms with van der Waals surface area (Å²) in [5, 5.41) is -0.228. The van der Waals surface area contributed by atoms with Crippen molar-refractivity contribution >= 4 is 33.7 Å². The Morgan fingerprint density at radius 1 is 1.50 bits per heavy atom. The van der Waals surface area contributed by atoms with Crippen molar-refractivity contribution in [1.82, 2.24) is 0 Å². The van der Waals surface area contributed by atoms with E-state index in [0.717, 1.165) is 6.42 Å². The molecule has 70 valence electrons. The Kier molecular flexibility index (Phi) is 6.48. The standard InChI is InChI=1S/C8H13ClO2S/c1-3-4-7(10)12-5-6(2)8(9)11/h6H,3-5H2,1-2H3. The average molecular weight is 209 g/mol. The van der Waals surface area contributed by atoms with Gasteiger partial charge in [-0.15, -0.1) is 0 Å². The maximum absolute atomic E-state index is 11.0. The van der Waals surface area contributed by atoms with Gasteiger partial charge in [-0.25, -0.2) is 0 Å². The number of carbonyl (C=O) groups excluding carboxylic acids is 2. The van der Waals surface area contributed by atoms with Crippen LogP contribution < -0.4 is 0 Å². The lowest BCUT2D eigenvalue weighted by molar-refractivity contribution is -0.114. The van der Waals surface area contributed by atoms with E-state index in [1.54, 1.807) is 6.92 Å². The van der Waals surface area contributed by atoms with Crippen molar-refractivity contribution in [3.05, 3.63) is 0 Å². The largest absolute Gasteiger partial charge is 0.287 e. The van der Waals surface area contributed by atoms with Crippen molar-refractivity contribution in [3.63, 3.8) is 0 Å². The summed E-state index contributed by atoms with van der Waals surface area (Å²) in [4.78, 5) is 21.5. The van der Waals surface area contributed by atoms with E-state index >= 15 is 0 Å². The minimum absolute atomic E-state index is 0.141. The number of rotatable bonds is 5. The van der Waals surface area contributed by atoms with Gasteiger partial charge in [0.1, 0.15) is 0 Å². The summed E-state index contributed by atoms with van der Waals surface area (Å²) >= 11 is 6.42. The molecule has 1 atom stereocenters. The minimum Gasteiger partial charge on any atom is -0.287 e. The Bertz CT molecular complexity index is 170.